The van der Waals surface area contributed by atoms with Crippen molar-refractivity contribution in [3.8, 4) is 0 Å². The summed E-state index contributed by atoms with van der Waals surface area (Å²) in [5, 5.41) is 2.03. The Labute approximate surface area is 188 Å². The fourth-order valence-electron chi connectivity index (χ4n) is 5.21. The molecule has 2 aromatic carbocycles. The third-order valence-electron chi connectivity index (χ3n) is 6.92. The molecule has 1 aliphatic rings. The minimum Gasteiger partial charge on any atom is -0.422 e. The molecule has 2 aromatic heterocycles. The Bertz CT molecular complexity index is 1400. The first kappa shape index (κ1) is 20.6. The molecule has 3 nitrogen and oxygen atoms in total. The zero-order valence-electron chi connectivity index (χ0n) is 19.0. The number of nitrogens with zero attached hydrogens (tertiary/aromatic N) is 1. The number of aromatic nitrogens is 1. The van der Waals surface area contributed by atoms with Gasteiger partial charge in [-0.25, -0.2) is 4.79 Å². The number of allylic oxidation sites excluding steroid dienone is 3. The lowest BCUT2D eigenvalue weighted by Crippen LogP contribution is -2.26. The summed E-state index contributed by atoms with van der Waals surface area (Å²) >= 11 is 0. The fraction of sp³-hybridized carbons (Fsp3) is 0.276. The molecule has 5 rings (SSSR count). The van der Waals surface area contributed by atoms with E-state index < -0.39 is 0 Å². The van der Waals surface area contributed by atoms with Gasteiger partial charge in [0.1, 0.15) is 11.3 Å². The van der Waals surface area contributed by atoms with E-state index in [0.29, 0.717) is 23.7 Å². The minimum absolute atomic E-state index is 0.200. The van der Waals surface area contributed by atoms with Crippen LogP contribution in [0.5, 0.6) is 0 Å². The largest absolute Gasteiger partial charge is 0.422 e. The van der Waals surface area contributed by atoms with Crippen molar-refractivity contribution in [1.29, 1.82) is 0 Å². The monoisotopic (exact) mass is 423 g/mol. The first-order valence-corrected chi connectivity index (χ1v) is 11.4. The Balaban J connectivity index is 1.63. The Morgan fingerprint density at radius 2 is 1.81 bits per heavy atom. The van der Waals surface area contributed by atoms with Crippen molar-refractivity contribution >= 4 is 27.9 Å². The van der Waals surface area contributed by atoms with Crippen LogP contribution in [-0.2, 0) is 6.54 Å². The SMILES string of the molecule is CC1=CCCC(C)(C)C1C=Cc1cc2c3ccccc3n(Cc3ccccc3)c2c(=O)o1. The quantitative estimate of drug-likeness (QED) is 0.326. The van der Waals surface area contributed by atoms with Crippen molar-refractivity contribution in [3.63, 3.8) is 0 Å². The fourth-order valence-corrected chi connectivity index (χ4v) is 5.21. The summed E-state index contributed by atoms with van der Waals surface area (Å²) in [7, 11) is 0. The lowest BCUT2D eigenvalue weighted by atomic mass is 9.68. The molecule has 0 N–H and O–H groups in total. The van der Waals surface area contributed by atoms with Crippen LogP contribution in [-0.4, -0.2) is 4.57 Å². The molecule has 1 atom stereocenters. The van der Waals surface area contributed by atoms with E-state index in [1.165, 1.54) is 5.57 Å². The summed E-state index contributed by atoms with van der Waals surface area (Å²) in [5.41, 5.74) is 4.13. The van der Waals surface area contributed by atoms with Gasteiger partial charge in [-0.2, -0.15) is 0 Å². The minimum atomic E-state index is -0.288. The lowest BCUT2D eigenvalue weighted by Gasteiger charge is -2.36. The molecule has 162 valence electrons. The molecule has 0 amide bonds. The van der Waals surface area contributed by atoms with Crippen LogP contribution in [0.2, 0.25) is 0 Å². The molecule has 2 heterocycles. The maximum Gasteiger partial charge on any atom is 0.361 e. The van der Waals surface area contributed by atoms with Crippen molar-refractivity contribution < 1.29 is 4.42 Å². The van der Waals surface area contributed by atoms with Crippen LogP contribution in [0.3, 0.4) is 0 Å². The van der Waals surface area contributed by atoms with Gasteiger partial charge in [-0.1, -0.05) is 80.1 Å². The van der Waals surface area contributed by atoms with Crippen molar-refractivity contribution in [3.05, 3.63) is 100 Å². The van der Waals surface area contributed by atoms with E-state index in [0.717, 1.165) is 34.7 Å². The molecule has 3 heteroatoms. The Hall–Kier alpha value is -3.33. The average molecular weight is 424 g/mol. The van der Waals surface area contributed by atoms with Gasteiger partial charge in [0.05, 0.1) is 0 Å². The van der Waals surface area contributed by atoms with Crippen LogP contribution in [0, 0.1) is 11.3 Å². The molecule has 0 aliphatic heterocycles. The van der Waals surface area contributed by atoms with Crippen LogP contribution in [0.15, 0.2) is 87.6 Å². The zero-order valence-corrected chi connectivity index (χ0v) is 19.0. The molecule has 1 aliphatic carbocycles. The van der Waals surface area contributed by atoms with Crippen LogP contribution in [0.4, 0.5) is 0 Å². The summed E-state index contributed by atoms with van der Waals surface area (Å²) in [5.74, 6) is 0.955. The summed E-state index contributed by atoms with van der Waals surface area (Å²) in [6.07, 6.45) is 8.81. The topological polar surface area (TPSA) is 35.1 Å². The Morgan fingerprint density at radius 1 is 1.06 bits per heavy atom. The summed E-state index contributed by atoms with van der Waals surface area (Å²) in [4.78, 5) is 13.2. The van der Waals surface area contributed by atoms with Gasteiger partial charge in [0.25, 0.3) is 0 Å². The molecule has 0 fully saturated rings. The lowest BCUT2D eigenvalue weighted by molar-refractivity contribution is 0.256. The van der Waals surface area contributed by atoms with Gasteiger partial charge >= 0.3 is 5.63 Å². The smallest absolute Gasteiger partial charge is 0.361 e. The molecular weight excluding hydrogens is 394 g/mol. The van der Waals surface area contributed by atoms with Crippen LogP contribution in [0.25, 0.3) is 27.9 Å². The number of hydrogen-bond donors (Lipinski definition) is 0. The Morgan fingerprint density at radius 3 is 2.59 bits per heavy atom. The third kappa shape index (κ3) is 3.62. The second-order valence-corrected chi connectivity index (χ2v) is 9.60. The van der Waals surface area contributed by atoms with Crippen molar-refractivity contribution in [2.45, 2.75) is 40.2 Å². The van der Waals surface area contributed by atoms with E-state index in [-0.39, 0.29) is 11.0 Å². The predicted octanol–water partition coefficient (Wildman–Crippen LogP) is 7.19. The average Bonchev–Trinajstić information content (AvgIpc) is 3.08. The van der Waals surface area contributed by atoms with Crippen molar-refractivity contribution in [2.75, 3.05) is 0 Å². The summed E-state index contributed by atoms with van der Waals surface area (Å²) < 4.78 is 7.89. The maximum absolute atomic E-state index is 13.2. The van der Waals surface area contributed by atoms with Gasteiger partial charge in [-0.05, 0) is 49.0 Å². The van der Waals surface area contributed by atoms with Gasteiger partial charge in [0, 0.05) is 28.8 Å². The number of rotatable bonds is 4. The van der Waals surface area contributed by atoms with Gasteiger partial charge in [0.2, 0.25) is 0 Å². The van der Waals surface area contributed by atoms with Crippen molar-refractivity contribution in [1.82, 2.24) is 4.57 Å². The second-order valence-electron chi connectivity index (χ2n) is 9.60. The van der Waals surface area contributed by atoms with E-state index in [1.54, 1.807) is 0 Å². The van der Waals surface area contributed by atoms with E-state index in [1.807, 2.05) is 42.5 Å². The van der Waals surface area contributed by atoms with Crippen LogP contribution < -0.4 is 5.63 Å². The van der Waals surface area contributed by atoms with Gasteiger partial charge in [-0.15, -0.1) is 0 Å². The molecule has 0 radical (unpaired) electrons. The Kier molecular flexibility index (Phi) is 5.13. The highest BCUT2D eigenvalue weighted by atomic mass is 16.4. The van der Waals surface area contributed by atoms with Crippen LogP contribution in [0.1, 0.15) is 44.9 Å². The van der Waals surface area contributed by atoms with Gasteiger partial charge < -0.3 is 8.98 Å². The number of para-hydroxylation sites is 1. The standard InChI is InChI=1S/C29H29NO2/c1-20-10-9-17-29(2,3)25(20)16-15-22-18-24-23-13-7-8-14-26(23)30(27(24)28(31)32-22)19-21-11-5-4-6-12-21/h4-8,10-16,18,25H,9,17,19H2,1-3H3. The highest BCUT2D eigenvalue weighted by Crippen LogP contribution is 2.42. The van der Waals surface area contributed by atoms with Crippen molar-refractivity contribution in [2.24, 2.45) is 11.3 Å². The molecule has 32 heavy (non-hydrogen) atoms. The van der Waals surface area contributed by atoms with Gasteiger partial charge in [0.15, 0.2) is 0 Å². The van der Waals surface area contributed by atoms with E-state index >= 15 is 0 Å². The highest BCUT2D eigenvalue weighted by molar-refractivity contribution is 6.08. The van der Waals surface area contributed by atoms with Gasteiger partial charge in [-0.3, -0.25) is 0 Å². The summed E-state index contributed by atoms with van der Waals surface area (Å²) in [6.45, 7) is 7.46. The normalized spacial score (nSPS) is 18.5. The number of fused-ring (bicyclic) bond motifs is 3. The highest BCUT2D eigenvalue weighted by Gasteiger charge is 2.30. The molecule has 0 saturated heterocycles. The first-order valence-electron chi connectivity index (χ1n) is 11.4. The van der Waals surface area contributed by atoms with E-state index in [2.05, 4.69) is 61.8 Å². The molecule has 0 spiro atoms. The zero-order chi connectivity index (χ0) is 22.3. The van der Waals surface area contributed by atoms with E-state index in [4.69, 9.17) is 4.42 Å². The molecule has 0 bridgehead atoms. The molecular formula is C29H29NO2. The molecule has 0 saturated carbocycles. The first-order chi connectivity index (χ1) is 15.4. The molecule has 4 aromatic rings. The number of hydrogen-bond acceptors (Lipinski definition) is 2. The third-order valence-corrected chi connectivity index (χ3v) is 6.92. The molecule has 1 unspecified atom stereocenters. The second kappa shape index (κ2) is 7.98. The predicted molar refractivity (Wildman–Crippen MR) is 133 cm³/mol. The van der Waals surface area contributed by atoms with E-state index in [9.17, 15) is 4.79 Å². The van der Waals surface area contributed by atoms with Crippen LogP contribution >= 0.6 is 0 Å². The maximum atomic E-state index is 13.2. The summed E-state index contributed by atoms with van der Waals surface area (Å²) in [6, 6.07) is 20.5. The number of benzene rings is 2.